The van der Waals surface area contributed by atoms with Crippen LogP contribution in [0.15, 0.2) is 54.7 Å². The zero-order chi connectivity index (χ0) is 13.5. The summed E-state index contributed by atoms with van der Waals surface area (Å²) in [7, 11) is 0. The zero-order valence-corrected chi connectivity index (χ0v) is 11.3. The van der Waals surface area contributed by atoms with Crippen LogP contribution in [0.5, 0.6) is 0 Å². The molecule has 2 aromatic carbocycles. The maximum absolute atomic E-state index is 5.89. The monoisotopic (exact) mass is 282 g/mol. The van der Waals surface area contributed by atoms with Gasteiger partial charge in [0.1, 0.15) is 12.2 Å². The van der Waals surface area contributed by atoms with Crippen molar-refractivity contribution < 1.29 is 4.74 Å². The highest BCUT2D eigenvalue weighted by Gasteiger charge is 2.42. The predicted octanol–water partition coefficient (Wildman–Crippen LogP) is 4.10. The maximum atomic E-state index is 5.89. The van der Waals surface area contributed by atoms with Gasteiger partial charge in [-0.2, -0.15) is 0 Å². The maximum Gasteiger partial charge on any atom is 0.132 e. The summed E-state index contributed by atoms with van der Waals surface area (Å²) >= 11 is 5.89. The SMILES string of the molecule is Clc1ccc([C@H]2O[C@H]2c2cnc3ccccc3n2)cc1. The Kier molecular flexibility index (Phi) is 2.69. The summed E-state index contributed by atoms with van der Waals surface area (Å²) in [5, 5.41) is 0.733. The molecule has 0 unspecified atom stereocenters. The second-order valence-corrected chi connectivity index (χ2v) is 5.25. The Morgan fingerprint density at radius 2 is 1.65 bits per heavy atom. The highest BCUT2D eigenvalue weighted by molar-refractivity contribution is 6.30. The largest absolute Gasteiger partial charge is 0.358 e. The van der Waals surface area contributed by atoms with Gasteiger partial charge in [0, 0.05) is 5.02 Å². The van der Waals surface area contributed by atoms with E-state index in [0.717, 1.165) is 27.3 Å². The van der Waals surface area contributed by atoms with Crippen LogP contribution in [0, 0.1) is 0 Å². The van der Waals surface area contributed by atoms with Gasteiger partial charge in [0.2, 0.25) is 0 Å². The molecule has 0 bridgehead atoms. The Bertz CT molecular complexity index is 773. The summed E-state index contributed by atoms with van der Waals surface area (Å²) in [6.07, 6.45) is 1.85. The third-order valence-corrected chi connectivity index (χ3v) is 3.70. The van der Waals surface area contributed by atoms with Crippen molar-refractivity contribution >= 4 is 22.6 Å². The van der Waals surface area contributed by atoms with E-state index in [1.54, 1.807) is 6.20 Å². The van der Waals surface area contributed by atoms with E-state index in [9.17, 15) is 0 Å². The summed E-state index contributed by atoms with van der Waals surface area (Å²) in [5.74, 6) is 0. The minimum absolute atomic E-state index is 0.00622. The van der Waals surface area contributed by atoms with Crippen molar-refractivity contribution in [2.45, 2.75) is 12.2 Å². The molecule has 0 saturated carbocycles. The van der Waals surface area contributed by atoms with Crippen molar-refractivity contribution in [3.05, 3.63) is 71.0 Å². The van der Waals surface area contributed by atoms with E-state index in [4.69, 9.17) is 16.3 Å². The Balaban J connectivity index is 1.63. The summed E-state index contributed by atoms with van der Waals surface area (Å²) < 4.78 is 5.73. The van der Waals surface area contributed by atoms with Gasteiger partial charge in [-0.15, -0.1) is 0 Å². The minimum Gasteiger partial charge on any atom is -0.358 e. The van der Waals surface area contributed by atoms with E-state index in [0.29, 0.717) is 0 Å². The summed E-state index contributed by atoms with van der Waals surface area (Å²) in [6, 6.07) is 15.6. The average Bonchev–Trinajstić information content (AvgIpc) is 3.28. The number of aromatic nitrogens is 2. The fourth-order valence-corrected chi connectivity index (χ4v) is 2.48. The van der Waals surface area contributed by atoms with Crippen LogP contribution < -0.4 is 0 Å². The van der Waals surface area contributed by atoms with Gasteiger partial charge in [0.15, 0.2) is 0 Å². The lowest BCUT2D eigenvalue weighted by molar-refractivity contribution is 0.375. The first-order valence-corrected chi connectivity index (χ1v) is 6.82. The molecule has 0 amide bonds. The summed E-state index contributed by atoms with van der Waals surface area (Å²) in [6.45, 7) is 0. The second-order valence-electron chi connectivity index (χ2n) is 4.81. The van der Waals surface area contributed by atoms with Crippen molar-refractivity contribution in [1.29, 1.82) is 0 Å². The quantitative estimate of drug-likeness (QED) is 0.664. The van der Waals surface area contributed by atoms with Crippen molar-refractivity contribution in [1.82, 2.24) is 9.97 Å². The van der Waals surface area contributed by atoms with Gasteiger partial charge in [-0.3, -0.25) is 4.98 Å². The van der Waals surface area contributed by atoms with Crippen LogP contribution in [0.1, 0.15) is 23.5 Å². The average molecular weight is 283 g/mol. The lowest BCUT2D eigenvalue weighted by Crippen LogP contribution is -1.92. The molecule has 1 aromatic heterocycles. The molecule has 4 rings (SSSR count). The zero-order valence-electron chi connectivity index (χ0n) is 10.5. The van der Waals surface area contributed by atoms with Crippen molar-refractivity contribution in [3.63, 3.8) is 0 Å². The molecule has 2 heterocycles. The smallest absolute Gasteiger partial charge is 0.132 e. The topological polar surface area (TPSA) is 38.3 Å². The Labute approximate surface area is 121 Å². The van der Waals surface area contributed by atoms with Crippen molar-refractivity contribution in [3.8, 4) is 0 Å². The molecule has 1 aliphatic rings. The number of hydrogen-bond donors (Lipinski definition) is 0. The van der Waals surface area contributed by atoms with Gasteiger partial charge in [-0.25, -0.2) is 4.98 Å². The molecule has 0 radical (unpaired) electrons. The number of ether oxygens (including phenoxy) is 1. The molecule has 2 atom stereocenters. The molecule has 98 valence electrons. The Morgan fingerprint density at radius 3 is 2.45 bits per heavy atom. The molecule has 3 nitrogen and oxygen atoms in total. The summed E-state index contributed by atoms with van der Waals surface area (Å²) in [4.78, 5) is 9.04. The van der Waals surface area contributed by atoms with Gasteiger partial charge in [0.25, 0.3) is 0 Å². The molecule has 3 aromatic rings. The third kappa shape index (κ3) is 2.05. The van der Waals surface area contributed by atoms with E-state index in [1.807, 2.05) is 48.5 Å². The van der Waals surface area contributed by atoms with Gasteiger partial charge in [0.05, 0.1) is 22.9 Å². The molecule has 0 aliphatic carbocycles. The number of halogens is 1. The molecule has 0 N–H and O–H groups in total. The van der Waals surface area contributed by atoms with E-state index >= 15 is 0 Å². The van der Waals surface area contributed by atoms with E-state index < -0.39 is 0 Å². The standard InChI is InChI=1S/C16H11ClN2O/c17-11-7-5-10(6-8-11)15-16(20-15)14-9-18-12-3-1-2-4-13(12)19-14/h1-9,15-16H/t15-,16+/m1/s1. The molecule has 20 heavy (non-hydrogen) atoms. The van der Waals surface area contributed by atoms with Gasteiger partial charge in [-0.1, -0.05) is 35.9 Å². The number of nitrogens with zero attached hydrogens (tertiary/aromatic N) is 2. The van der Waals surface area contributed by atoms with E-state index in [-0.39, 0.29) is 12.2 Å². The van der Waals surface area contributed by atoms with Crippen molar-refractivity contribution in [2.24, 2.45) is 0 Å². The van der Waals surface area contributed by atoms with Crippen LogP contribution >= 0.6 is 11.6 Å². The molecule has 4 heteroatoms. The number of benzene rings is 2. The van der Waals surface area contributed by atoms with Crippen LogP contribution in [0.4, 0.5) is 0 Å². The highest BCUT2D eigenvalue weighted by atomic mass is 35.5. The minimum atomic E-state index is -0.00622. The fraction of sp³-hybridized carbons (Fsp3) is 0.125. The lowest BCUT2D eigenvalue weighted by Gasteiger charge is -1.99. The molecule has 1 fully saturated rings. The molecule has 1 aliphatic heterocycles. The normalized spacial score (nSPS) is 21.1. The number of rotatable bonds is 2. The number of hydrogen-bond acceptors (Lipinski definition) is 3. The second kappa shape index (κ2) is 4.54. The molecule has 1 saturated heterocycles. The van der Waals surface area contributed by atoms with Crippen LogP contribution in [-0.4, -0.2) is 9.97 Å². The van der Waals surface area contributed by atoms with Gasteiger partial charge < -0.3 is 4.74 Å². The van der Waals surface area contributed by atoms with Gasteiger partial charge in [-0.05, 0) is 29.8 Å². The first-order chi connectivity index (χ1) is 9.81. The number of para-hydroxylation sites is 2. The summed E-state index contributed by atoms with van der Waals surface area (Å²) in [5.41, 5.74) is 3.80. The lowest BCUT2D eigenvalue weighted by atomic mass is 10.1. The first-order valence-electron chi connectivity index (χ1n) is 6.44. The van der Waals surface area contributed by atoms with Crippen LogP contribution in [0.3, 0.4) is 0 Å². The van der Waals surface area contributed by atoms with E-state index in [2.05, 4.69) is 9.97 Å². The van der Waals surface area contributed by atoms with Crippen molar-refractivity contribution in [2.75, 3.05) is 0 Å². The molecule has 0 spiro atoms. The highest BCUT2D eigenvalue weighted by Crippen LogP contribution is 2.50. The number of epoxide rings is 1. The fourth-order valence-electron chi connectivity index (χ4n) is 2.35. The Morgan fingerprint density at radius 1 is 0.900 bits per heavy atom. The van der Waals surface area contributed by atoms with E-state index in [1.165, 1.54) is 0 Å². The van der Waals surface area contributed by atoms with Crippen LogP contribution in [-0.2, 0) is 4.74 Å². The van der Waals surface area contributed by atoms with Gasteiger partial charge >= 0.3 is 0 Å². The molecular formula is C16H11ClN2O. The molecular weight excluding hydrogens is 272 g/mol. The Hall–Kier alpha value is -1.97. The predicted molar refractivity (Wildman–Crippen MR) is 77.6 cm³/mol. The first kappa shape index (κ1) is 11.8. The third-order valence-electron chi connectivity index (χ3n) is 3.45. The van der Waals surface area contributed by atoms with Crippen LogP contribution in [0.2, 0.25) is 5.02 Å². The van der Waals surface area contributed by atoms with Crippen LogP contribution in [0.25, 0.3) is 11.0 Å². The number of fused-ring (bicyclic) bond motifs is 1.